The first-order chi connectivity index (χ1) is 8.20. The first-order valence-electron chi connectivity index (χ1n) is 4.45. The van der Waals surface area contributed by atoms with Gasteiger partial charge in [-0.15, -0.1) is 10.2 Å². The number of hydrogen-bond donors (Lipinski definition) is 2. The van der Waals surface area contributed by atoms with Crippen molar-refractivity contribution in [3.8, 4) is 6.07 Å². The van der Waals surface area contributed by atoms with Gasteiger partial charge in [-0.05, 0) is 39.3 Å². The standard InChI is InChI=1S/C9H5BrN6O/c10-6-3-5(4-11)1-2-7(6)12-9(17)8-13-15-16-14-8/h1-3H,(H,12,17)(H,13,14,15,16). The third-order valence-electron chi connectivity index (χ3n) is 1.89. The minimum atomic E-state index is -0.482. The molecule has 2 rings (SSSR count). The zero-order chi connectivity index (χ0) is 12.3. The summed E-state index contributed by atoms with van der Waals surface area (Å²) in [6.45, 7) is 0. The monoisotopic (exact) mass is 292 g/mol. The molecule has 2 N–H and O–H groups in total. The Labute approximate surface area is 104 Å². The Bertz CT molecular complexity index is 588. The lowest BCUT2D eigenvalue weighted by Crippen LogP contribution is -2.14. The number of H-pyrrole nitrogens is 1. The van der Waals surface area contributed by atoms with E-state index < -0.39 is 5.91 Å². The molecule has 17 heavy (non-hydrogen) atoms. The number of aromatic amines is 1. The van der Waals surface area contributed by atoms with Crippen molar-refractivity contribution < 1.29 is 4.79 Å². The van der Waals surface area contributed by atoms with Crippen LogP contribution in [0.5, 0.6) is 0 Å². The van der Waals surface area contributed by atoms with Crippen LogP contribution < -0.4 is 5.32 Å². The van der Waals surface area contributed by atoms with E-state index in [0.717, 1.165) is 0 Å². The minimum Gasteiger partial charge on any atom is -0.318 e. The van der Waals surface area contributed by atoms with Crippen molar-refractivity contribution in [2.75, 3.05) is 5.32 Å². The molecule has 0 unspecified atom stereocenters. The molecular weight excluding hydrogens is 288 g/mol. The fourth-order valence-corrected chi connectivity index (χ4v) is 1.60. The van der Waals surface area contributed by atoms with Crippen LogP contribution in [0.15, 0.2) is 22.7 Å². The van der Waals surface area contributed by atoms with Gasteiger partial charge in [0.1, 0.15) is 0 Å². The van der Waals surface area contributed by atoms with Crippen molar-refractivity contribution in [2.24, 2.45) is 0 Å². The van der Waals surface area contributed by atoms with E-state index in [1.807, 2.05) is 6.07 Å². The highest BCUT2D eigenvalue weighted by Gasteiger charge is 2.12. The van der Waals surface area contributed by atoms with Crippen LogP contribution in [-0.4, -0.2) is 26.5 Å². The molecule has 0 bridgehead atoms. The summed E-state index contributed by atoms with van der Waals surface area (Å²) in [5.74, 6) is -0.537. The number of carbonyl (C=O) groups excluding carboxylic acids is 1. The molecule has 1 aromatic heterocycles. The molecule has 7 nitrogen and oxygen atoms in total. The molecule has 0 radical (unpaired) electrons. The van der Waals surface area contributed by atoms with Gasteiger partial charge in [0.2, 0.25) is 0 Å². The van der Waals surface area contributed by atoms with Gasteiger partial charge in [-0.25, -0.2) is 0 Å². The fourth-order valence-electron chi connectivity index (χ4n) is 1.12. The first kappa shape index (κ1) is 11.2. The number of nitrogens with one attached hydrogen (secondary N) is 2. The van der Waals surface area contributed by atoms with Crippen LogP contribution in [0.3, 0.4) is 0 Å². The minimum absolute atomic E-state index is 0.0544. The maximum atomic E-state index is 11.6. The van der Waals surface area contributed by atoms with E-state index >= 15 is 0 Å². The number of nitriles is 1. The van der Waals surface area contributed by atoms with Gasteiger partial charge in [0.15, 0.2) is 0 Å². The number of amides is 1. The molecule has 1 aromatic carbocycles. The number of rotatable bonds is 2. The highest BCUT2D eigenvalue weighted by Crippen LogP contribution is 2.23. The summed E-state index contributed by atoms with van der Waals surface area (Å²) >= 11 is 3.25. The Kier molecular flexibility index (Phi) is 3.11. The number of hydrogen-bond acceptors (Lipinski definition) is 5. The van der Waals surface area contributed by atoms with Crippen LogP contribution in [-0.2, 0) is 0 Å². The average Bonchev–Trinajstić information content (AvgIpc) is 2.85. The Hall–Kier alpha value is -2.27. The second kappa shape index (κ2) is 4.71. The van der Waals surface area contributed by atoms with Gasteiger partial charge in [-0.3, -0.25) is 4.79 Å². The molecule has 2 aromatic rings. The van der Waals surface area contributed by atoms with Crippen LogP contribution in [0.2, 0.25) is 0 Å². The lowest BCUT2D eigenvalue weighted by atomic mass is 10.2. The van der Waals surface area contributed by atoms with Gasteiger partial charge in [-0.2, -0.15) is 10.5 Å². The van der Waals surface area contributed by atoms with E-state index in [2.05, 4.69) is 41.9 Å². The Morgan fingerprint density at radius 1 is 1.53 bits per heavy atom. The Morgan fingerprint density at radius 2 is 2.35 bits per heavy atom. The summed E-state index contributed by atoms with van der Waals surface area (Å²) in [6, 6.07) is 6.80. The number of halogens is 1. The van der Waals surface area contributed by atoms with Gasteiger partial charge in [0.05, 0.1) is 17.3 Å². The van der Waals surface area contributed by atoms with Gasteiger partial charge < -0.3 is 5.32 Å². The first-order valence-corrected chi connectivity index (χ1v) is 5.24. The van der Waals surface area contributed by atoms with E-state index in [0.29, 0.717) is 15.7 Å². The molecule has 0 saturated heterocycles. The van der Waals surface area contributed by atoms with Gasteiger partial charge in [0, 0.05) is 4.47 Å². The molecule has 0 aliphatic rings. The molecule has 0 fully saturated rings. The van der Waals surface area contributed by atoms with Gasteiger partial charge in [-0.1, -0.05) is 0 Å². The van der Waals surface area contributed by atoms with Crippen molar-refractivity contribution in [3.63, 3.8) is 0 Å². The molecule has 0 aliphatic carbocycles. The second-order valence-electron chi connectivity index (χ2n) is 3.00. The van der Waals surface area contributed by atoms with Gasteiger partial charge in [0.25, 0.3) is 11.7 Å². The normalized spacial score (nSPS) is 9.65. The summed E-state index contributed by atoms with van der Waals surface area (Å²) in [5, 5.41) is 23.8. The summed E-state index contributed by atoms with van der Waals surface area (Å²) in [5.41, 5.74) is 1.02. The maximum Gasteiger partial charge on any atom is 0.297 e. The Balaban J connectivity index is 2.20. The SMILES string of the molecule is N#Cc1ccc(NC(=O)c2nn[nH]n2)c(Br)c1. The van der Waals surface area contributed by atoms with E-state index in [1.54, 1.807) is 18.2 Å². The molecule has 0 saturated carbocycles. The number of aromatic nitrogens is 4. The van der Waals surface area contributed by atoms with Crippen molar-refractivity contribution in [1.29, 1.82) is 5.26 Å². The van der Waals surface area contributed by atoms with Crippen LogP contribution in [0.4, 0.5) is 5.69 Å². The number of carbonyl (C=O) groups is 1. The molecule has 0 atom stereocenters. The predicted molar refractivity (Wildman–Crippen MR) is 61.0 cm³/mol. The molecule has 0 spiro atoms. The lowest BCUT2D eigenvalue weighted by molar-refractivity contribution is 0.101. The number of nitrogens with zero attached hydrogens (tertiary/aromatic N) is 4. The Morgan fingerprint density at radius 3 is 2.94 bits per heavy atom. The number of benzene rings is 1. The van der Waals surface area contributed by atoms with Crippen molar-refractivity contribution >= 4 is 27.5 Å². The van der Waals surface area contributed by atoms with Crippen molar-refractivity contribution in [2.45, 2.75) is 0 Å². The van der Waals surface area contributed by atoms with Crippen LogP contribution in [0, 0.1) is 11.3 Å². The lowest BCUT2D eigenvalue weighted by Gasteiger charge is -2.04. The number of anilines is 1. The summed E-state index contributed by atoms with van der Waals surface area (Å²) in [7, 11) is 0. The average molecular weight is 293 g/mol. The van der Waals surface area contributed by atoms with Gasteiger partial charge >= 0.3 is 0 Å². The predicted octanol–water partition coefficient (Wildman–Crippen LogP) is 1.09. The van der Waals surface area contributed by atoms with E-state index in [-0.39, 0.29) is 5.82 Å². The summed E-state index contributed by atoms with van der Waals surface area (Å²) < 4.78 is 0.605. The quantitative estimate of drug-likeness (QED) is 0.861. The van der Waals surface area contributed by atoms with E-state index in [4.69, 9.17) is 5.26 Å². The summed E-state index contributed by atoms with van der Waals surface area (Å²) in [6.07, 6.45) is 0. The molecule has 1 heterocycles. The zero-order valence-electron chi connectivity index (χ0n) is 8.31. The van der Waals surface area contributed by atoms with Crippen molar-refractivity contribution in [1.82, 2.24) is 20.6 Å². The van der Waals surface area contributed by atoms with Crippen LogP contribution in [0.25, 0.3) is 0 Å². The third kappa shape index (κ3) is 2.46. The number of tetrazole rings is 1. The zero-order valence-corrected chi connectivity index (χ0v) is 9.89. The van der Waals surface area contributed by atoms with E-state index in [9.17, 15) is 4.79 Å². The highest BCUT2D eigenvalue weighted by molar-refractivity contribution is 9.10. The van der Waals surface area contributed by atoms with Crippen LogP contribution >= 0.6 is 15.9 Å². The van der Waals surface area contributed by atoms with E-state index in [1.165, 1.54) is 0 Å². The largest absolute Gasteiger partial charge is 0.318 e. The fraction of sp³-hybridized carbons (Fsp3) is 0. The molecule has 1 amide bonds. The third-order valence-corrected chi connectivity index (χ3v) is 2.55. The molecule has 84 valence electrons. The topological polar surface area (TPSA) is 107 Å². The molecule has 0 aliphatic heterocycles. The smallest absolute Gasteiger partial charge is 0.297 e. The summed E-state index contributed by atoms with van der Waals surface area (Å²) in [4.78, 5) is 11.6. The maximum absolute atomic E-state index is 11.6. The van der Waals surface area contributed by atoms with Crippen LogP contribution in [0.1, 0.15) is 16.2 Å². The molecular formula is C9H5BrN6O. The van der Waals surface area contributed by atoms with Crippen molar-refractivity contribution in [3.05, 3.63) is 34.1 Å². The molecule has 8 heteroatoms. The highest BCUT2D eigenvalue weighted by atomic mass is 79.9. The second-order valence-corrected chi connectivity index (χ2v) is 3.85.